The molecule has 0 saturated carbocycles. The van der Waals surface area contributed by atoms with E-state index in [2.05, 4.69) is 10.6 Å². The van der Waals surface area contributed by atoms with Crippen molar-refractivity contribution in [2.45, 2.75) is 30.9 Å². The molecule has 0 aliphatic rings. The number of fused-ring (bicyclic) bond motifs is 1. The maximum absolute atomic E-state index is 12.8. The van der Waals surface area contributed by atoms with Crippen LogP contribution in [0.5, 0.6) is 5.75 Å². The smallest absolute Gasteiger partial charge is 0.416 e. The lowest BCUT2D eigenvalue weighted by atomic mass is 10.1. The molecule has 4 rings (SSSR count). The van der Waals surface area contributed by atoms with Crippen LogP contribution in [0.1, 0.15) is 23.6 Å². The molecule has 0 radical (unpaired) electrons. The molecule has 0 atom stereocenters. The Hall–Kier alpha value is -2.93. The Labute approximate surface area is 182 Å². The van der Waals surface area contributed by atoms with E-state index in [1.54, 1.807) is 0 Å². The molecule has 0 amide bonds. The number of thioether (sulfide) groups is 1. The first-order chi connectivity index (χ1) is 14.8. The van der Waals surface area contributed by atoms with E-state index in [1.807, 2.05) is 50.2 Å². The Morgan fingerprint density at radius 2 is 1.68 bits per heavy atom. The number of rotatable bonds is 6. The van der Waals surface area contributed by atoms with Crippen LogP contribution in [-0.4, -0.2) is 16.2 Å². The van der Waals surface area contributed by atoms with Crippen molar-refractivity contribution in [3.8, 4) is 11.4 Å². The van der Waals surface area contributed by atoms with Crippen molar-refractivity contribution in [3.05, 3.63) is 83.4 Å². The molecule has 31 heavy (non-hydrogen) atoms. The molecule has 3 aromatic carbocycles. The van der Waals surface area contributed by atoms with Gasteiger partial charge in [-0.1, -0.05) is 30.0 Å². The van der Waals surface area contributed by atoms with Crippen molar-refractivity contribution in [2.75, 3.05) is 6.61 Å². The molecule has 0 aliphatic heterocycles. The lowest BCUT2D eigenvalue weighted by Crippen LogP contribution is -2.04. The Morgan fingerprint density at radius 1 is 0.968 bits per heavy atom. The molecule has 1 aromatic heterocycles. The predicted octanol–water partition coefficient (Wildman–Crippen LogP) is 7.04. The first kappa shape index (κ1) is 21.3. The van der Waals surface area contributed by atoms with Gasteiger partial charge in [0.05, 0.1) is 23.2 Å². The molecular weight excluding hydrogens is 421 g/mol. The van der Waals surface area contributed by atoms with Crippen molar-refractivity contribution in [2.24, 2.45) is 0 Å². The van der Waals surface area contributed by atoms with Crippen molar-refractivity contribution < 1.29 is 17.9 Å². The molecule has 0 fully saturated rings. The number of aromatic nitrogens is 2. The van der Waals surface area contributed by atoms with Crippen LogP contribution < -0.4 is 4.74 Å². The quantitative estimate of drug-likeness (QED) is 0.300. The number of ether oxygens (including phenoxy) is 1. The summed E-state index contributed by atoms with van der Waals surface area (Å²) in [7, 11) is 0. The second kappa shape index (κ2) is 8.67. The highest BCUT2D eigenvalue weighted by molar-refractivity contribution is 7.98. The fourth-order valence-electron chi connectivity index (χ4n) is 3.31. The van der Waals surface area contributed by atoms with E-state index < -0.39 is 11.7 Å². The summed E-state index contributed by atoms with van der Waals surface area (Å²) in [5, 5.41) is 0.782. The van der Waals surface area contributed by atoms with E-state index in [-0.39, 0.29) is 0 Å². The van der Waals surface area contributed by atoms with Crippen molar-refractivity contribution in [1.29, 1.82) is 0 Å². The summed E-state index contributed by atoms with van der Waals surface area (Å²) in [5.74, 6) is 1.31. The van der Waals surface area contributed by atoms with Crippen LogP contribution in [0.25, 0.3) is 16.7 Å². The molecule has 3 nitrogen and oxygen atoms in total. The standard InChI is InChI=1S/C24H21F3N2OS/c1-3-30-20-11-9-19(10-12-20)29-22-14-16(2)4-13-21(22)28-23(29)31-15-17-5-7-18(8-6-17)24(25,26)27/h4-14H,3,15H2,1-2H3. The summed E-state index contributed by atoms with van der Waals surface area (Å²) in [5.41, 5.74) is 4.09. The molecule has 0 unspecified atom stereocenters. The minimum atomic E-state index is -4.33. The van der Waals surface area contributed by atoms with Crippen molar-refractivity contribution in [1.82, 2.24) is 9.55 Å². The lowest BCUT2D eigenvalue weighted by Gasteiger charge is -2.11. The Morgan fingerprint density at radius 3 is 2.32 bits per heavy atom. The van der Waals surface area contributed by atoms with Crippen LogP contribution in [-0.2, 0) is 11.9 Å². The zero-order valence-corrected chi connectivity index (χ0v) is 17.9. The highest BCUT2D eigenvalue weighted by Crippen LogP contribution is 2.33. The molecule has 0 bridgehead atoms. The van der Waals surface area contributed by atoms with Gasteiger partial charge in [0.25, 0.3) is 0 Å². The minimum absolute atomic E-state index is 0.511. The van der Waals surface area contributed by atoms with Gasteiger partial charge in [0.2, 0.25) is 0 Å². The highest BCUT2D eigenvalue weighted by Gasteiger charge is 2.29. The first-order valence-electron chi connectivity index (χ1n) is 9.86. The topological polar surface area (TPSA) is 27.1 Å². The van der Waals surface area contributed by atoms with Crippen LogP contribution in [0.15, 0.2) is 71.9 Å². The fourth-order valence-corrected chi connectivity index (χ4v) is 4.29. The zero-order chi connectivity index (χ0) is 22.0. The van der Waals surface area contributed by atoms with Crippen LogP contribution in [0, 0.1) is 6.92 Å². The normalized spacial score (nSPS) is 11.8. The lowest BCUT2D eigenvalue weighted by molar-refractivity contribution is -0.137. The average molecular weight is 443 g/mol. The second-order valence-corrected chi connectivity index (χ2v) is 8.07. The third-order valence-corrected chi connectivity index (χ3v) is 5.84. The number of benzene rings is 3. The number of aryl methyl sites for hydroxylation is 1. The predicted molar refractivity (Wildman–Crippen MR) is 118 cm³/mol. The maximum atomic E-state index is 12.8. The first-order valence-corrected chi connectivity index (χ1v) is 10.8. The van der Waals surface area contributed by atoms with Crippen LogP contribution in [0.3, 0.4) is 0 Å². The van der Waals surface area contributed by atoms with Crippen LogP contribution in [0.4, 0.5) is 13.2 Å². The summed E-state index contributed by atoms with van der Waals surface area (Å²) in [4.78, 5) is 4.78. The van der Waals surface area contributed by atoms with Gasteiger partial charge in [0, 0.05) is 11.4 Å². The summed E-state index contributed by atoms with van der Waals surface area (Å²) < 4.78 is 46.1. The average Bonchev–Trinajstić information content (AvgIpc) is 3.10. The van der Waals surface area contributed by atoms with E-state index in [1.165, 1.54) is 23.9 Å². The molecule has 4 aromatic rings. The van der Waals surface area contributed by atoms with E-state index in [0.29, 0.717) is 12.4 Å². The Kier molecular flexibility index (Phi) is 5.96. The number of nitrogens with zero attached hydrogens (tertiary/aromatic N) is 2. The Bertz CT molecular complexity index is 1180. The number of imidazole rings is 1. The highest BCUT2D eigenvalue weighted by atomic mass is 32.2. The van der Waals surface area contributed by atoms with Gasteiger partial charge in [-0.2, -0.15) is 13.2 Å². The zero-order valence-electron chi connectivity index (χ0n) is 17.1. The summed E-state index contributed by atoms with van der Waals surface area (Å²) in [6, 6.07) is 19.2. The SMILES string of the molecule is CCOc1ccc(-n2c(SCc3ccc(C(F)(F)F)cc3)nc3ccc(C)cc32)cc1. The van der Waals surface area contributed by atoms with Gasteiger partial charge in [-0.3, -0.25) is 4.57 Å². The third-order valence-electron chi connectivity index (χ3n) is 4.83. The van der Waals surface area contributed by atoms with Gasteiger partial charge in [-0.05, 0) is 73.5 Å². The van der Waals surface area contributed by atoms with Gasteiger partial charge in [0.15, 0.2) is 5.16 Å². The van der Waals surface area contributed by atoms with E-state index in [9.17, 15) is 13.2 Å². The molecule has 0 N–H and O–H groups in total. The van der Waals surface area contributed by atoms with Crippen molar-refractivity contribution >= 4 is 22.8 Å². The monoisotopic (exact) mass is 442 g/mol. The molecule has 7 heteroatoms. The van der Waals surface area contributed by atoms with E-state index in [4.69, 9.17) is 9.72 Å². The van der Waals surface area contributed by atoms with Gasteiger partial charge >= 0.3 is 6.18 Å². The number of alkyl halides is 3. The van der Waals surface area contributed by atoms with Crippen LogP contribution in [0.2, 0.25) is 0 Å². The molecule has 0 saturated heterocycles. The molecule has 0 aliphatic carbocycles. The van der Waals surface area contributed by atoms with Crippen molar-refractivity contribution in [3.63, 3.8) is 0 Å². The Balaban J connectivity index is 1.66. The second-order valence-electron chi connectivity index (χ2n) is 7.13. The molecular formula is C24H21F3N2OS. The summed E-state index contributed by atoms with van der Waals surface area (Å²) >= 11 is 1.49. The number of halogens is 3. The van der Waals surface area contributed by atoms with E-state index >= 15 is 0 Å². The maximum Gasteiger partial charge on any atom is 0.416 e. The number of hydrogen-bond acceptors (Lipinski definition) is 3. The van der Waals surface area contributed by atoms with Gasteiger partial charge in [-0.25, -0.2) is 4.98 Å². The molecule has 160 valence electrons. The van der Waals surface area contributed by atoms with E-state index in [0.717, 1.165) is 50.9 Å². The third kappa shape index (κ3) is 4.71. The van der Waals surface area contributed by atoms with Crippen LogP contribution >= 0.6 is 11.8 Å². The molecule has 0 spiro atoms. The fraction of sp³-hybridized carbons (Fsp3) is 0.208. The molecule has 1 heterocycles. The summed E-state index contributed by atoms with van der Waals surface area (Å²) in [6.07, 6.45) is -4.33. The number of hydrogen-bond donors (Lipinski definition) is 0. The van der Waals surface area contributed by atoms with Gasteiger partial charge < -0.3 is 4.74 Å². The summed E-state index contributed by atoms with van der Waals surface area (Å²) in [6.45, 7) is 4.57. The minimum Gasteiger partial charge on any atom is -0.494 e. The van der Waals surface area contributed by atoms with Gasteiger partial charge in [-0.15, -0.1) is 0 Å². The van der Waals surface area contributed by atoms with Gasteiger partial charge in [0.1, 0.15) is 5.75 Å². The largest absolute Gasteiger partial charge is 0.494 e.